The largest absolute Gasteiger partial charge is 0.337 e. The summed E-state index contributed by atoms with van der Waals surface area (Å²) in [7, 11) is -2.74. The Hall–Kier alpha value is -3.33. The van der Waals surface area contributed by atoms with Gasteiger partial charge in [-0.1, -0.05) is 24.3 Å². The number of nitrogens with one attached hydrogen (secondary N) is 1. The zero-order chi connectivity index (χ0) is 21.9. The third-order valence-electron chi connectivity index (χ3n) is 4.28. The summed E-state index contributed by atoms with van der Waals surface area (Å²) in [6.07, 6.45) is 0. The molecule has 0 heterocycles. The lowest BCUT2D eigenvalue weighted by molar-refractivity contribution is 0.0783. The summed E-state index contributed by atoms with van der Waals surface area (Å²) in [5.74, 6) is -2.83. The zero-order valence-corrected chi connectivity index (χ0v) is 16.6. The van der Waals surface area contributed by atoms with E-state index in [9.17, 15) is 26.4 Å². The Morgan fingerprint density at radius 3 is 2.37 bits per heavy atom. The highest BCUT2D eigenvalue weighted by molar-refractivity contribution is 7.92. The summed E-state index contributed by atoms with van der Waals surface area (Å²) in [5.41, 5.74) is -0.0770. The van der Waals surface area contributed by atoms with Crippen LogP contribution < -0.4 is 4.72 Å². The fourth-order valence-electron chi connectivity index (χ4n) is 2.74. The third kappa shape index (κ3) is 4.80. The van der Waals surface area contributed by atoms with Crippen LogP contribution in [0.2, 0.25) is 0 Å². The predicted octanol–water partition coefficient (Wildman–Crippen LogP) is 4.18. The number of hydrogen-bond acceptors (Lipinski definition) is 3. The molecule has 0 atom stereocenters. The molecule has 9 heteroatoms. The van der Waals surface area contributed by atoms with E-state index in [1.165, 1.54) is 54.4 Å². The Bertz CT molecular complexity index is 1200. The first kappa shape index (κ1) is 21.4. The van der Waals surface area contributed by atoms with Gasteiger partial charge in [0.1, 0.15) is 17.5 Å². The van der Waals surface area contributed by atoms with Crippen molar-refractivity contribution in [2.24, 2.45) is 0 Å². The highest BCUT2D eigenvalue weighted by atomic mass is 32.2. The summed E-state index contributed by atoms with van der Waals surface area (Å²) < 4.78 is 67.9. The van der Waals surface area contributed by atoms with Crippen LogP contribution in [0.5, 0.6) is 0 Å². The van der Waals surface area contributed by atoms with Crippen molar-refractivity contribution < 1.29 is 26.4 Å². The van der Waals surface area contributed by atoms with Gasteiger partial charge in [0.05, 0.1) is 10.6 Å². The Kier molecular flexibility index (Phi) is 6.12. The first-order valence-corrected chi connectivity index (χ1v) is 10.2. The van der Waals surface area contributed by atoms with Gasteiger partial charge in [-0.3, -0.25) is 9.52 Å². The molecule has 3 rings (SSSR count). The number of benzene rings is 3. The molecule has 0 aliphatic rings. The molecule has 0 radical (unpaired) electrons. The summed E-state index contributed by atoms with van der Waals surface area (Å²) in [4.78, 5) is 13.6. The van der Waals surface area contributed by atoms with Crippen LogP contribution in [0, 0.1) is 17.5 Å². The summed E-state index contributed by atoms with van der Waals surface area (Å²) >= 11 is 0. The molecule has 0 spiro atoms. The molecule has 3 aromatic rings. The summed E-state index contributed by atoms with van der Waals surface area (Å²) in [6.45, 7) is -0.143. The van der Waals surface area contributed by atoms with Gasteiger partial charge in [-0.2, -0.15) is 0 Å². The number of amides is 1. The molecule has 0 unspecified atom stereocenters. The first-order chi connectivity index (χ1) is 14.2. The second-order valence-electron chi connectivity index (χ2n) is 6.51. The normalized spacial score (nSPS) is 11.2. The van der Waals surface area contributed by atoms with E-state index in [4.69, 9.17) is 0 Å². The van der Waals surface area contributed by atoms with Crippen molar-refractivity contribution in [3.63, 3.8) is 0 Å². The number of carbonyl (C=O) groups is 1. The lowest BCUT2D eigenvalue weighted by atomic mass is 10.1. The molecule has 0 aliphatic heterocycles. The maximum atomic E-state index is 13.8. The molecule has 1 amide bonds. The molecule has 3 aromatic carbocycles. The topological polar surface area (TPSA) is 66.5 Å². The number of nitrogens with zero attached hydrogens (tertiary/aromatic N) is 1. The minimum absolute atomic E-state index is 0.0384. The van der Waals surface area contributed by atoms with Crippen molar-refractivity contribution in [1.82, 2.24) is 4.90 Å². The highest BCUT2D eigenvalue weighted by Crippen LogP contribution is 2.20. The average Bonchev–Trinajstić information content (AvgIpc) is 2.71. The van der Waals surface area contributed by atoms with Crippen molar-refractivity contribution in [3.8, 4) is 0 Å². The van der Waals surface area contributed by atoms with Crippen molar-refractivity contribution in [2.45, 2.75) is 11.4 Å². The number of rotatable bonds is 6. The molecular formula is C21H17F3N2O3S. The smallest absolute Gasteiger partial charge is 0.262 e. The van der Waals surface area contributed by atoms with E-state index in [-0.39, 0.29) is 28.3 Å². The van der Waals surface area contributed by atoms with E-state index in [2.05, 4.69) is 4.72 Å². The molecule has 5 nitrogen and oxygen atoms in total. The quantitative estimate of drug-likeness (QED) is 0.633. The van der Waals surface area contributed by atoms with E-state index < -0.39 is 33.4 Å². The molecule has 0 saturated carbocycles. The predicted molar refractivity (Wildman–Crippen MR) is 106 cm³/mol. The maximum Gasteiger partial charge on any atom is 0.262 e. The average molecular weight is 434 g/mol. The number of para-hydroxylation sites is 1. The number of anilines is 1. The van der Waals surface area contributed by atoms with Crippen molar-refractivity contribution >= 4 is 21.6 Å². The Morgan fingerprint density at radius 1 is 0.933 bits per heavy atom. The van der Waals surface area contributed by atoms with Crippen LogP contribution in [-0.4, -0.2) is 26.3 Å². The standard InChI is InChI=1S/C21H17F3N2O3S/c1-26(13-15-9-10-16(22)12-19(15)24)21(27)14-5-4-6-17(11-14)30(28,29)25-20-8-3-2-7-18(20)23/h2-12,25H,13H2,1H3. The van der Waals surface area contributed by atoms with Gasteiger partial charge in [0, 0.05) is 30.8 Å². The van der Waals surface area contributed by atoms with Crippen molar-refractivity contribution in [2.75, 3.05) is 11.8 Å². The van der Waals surface area contributed by atoms with E-state index >= 15 is 0 Å². The van der Waals surface area contributed by atoms with Gasteiger partial charge < -0.3 is 4.90 Å². The molecule has 30 heavy (non-hydrogen) atoms. The highest BCUT2D eigenvalue weighted by Gasteiger charge is 2.20. The number of sulfonamides is 1. The monoisotopic (exact) mass is 434 g/mol. The van der Waals surface area contributed by atoms with E-state index in [1.54, 1.807) is 0 Å². The number of hydrogen-bond donors (Lipinski definition) is 1. The summed E-state index contributed by atoms with van der Waals surface area (Å²) in [6, 6.07) is 13.5. The fraction of sp³-hybridized carbons (Fsp3) is 0.0952. The molecule has 0 aromatic heterocycles. The van der Waals surface area contributed by atoms with Gasteiger partial charge in [-0.05, 0) is 36.4 Å². The minimum Gasteiger partial charge on any atom is -0.337 e. The second kappa shape index (κ2) is 8.58. The van der Waals surface area contributed by atoms with Crippen LogP contribution in [0.15, 0.2) is 71.6 Å². The lowest BCUT2D eigenvalue weighted by Gasteiger charge is -2.18. The molecular weight excluding hydrogens is 417 g/mol. The lowest BCUT2D eigenvalue weighted by Crippen LogP contribution is -2.27. The van der Waals surface area contributed by atoms with Gasteiger partial charge in [-0.25, -0.2) is 21.6 Å². The Balaban J connectivity index is 1.81. The van der Waals surface area contributed by atoms with Crippen molar-refractivity contribution in [3.05, 3.63) is 95.3 Å². The minimum atomic E-state index is -4.15. The Morgan fingerprint density at radius 2 is 1.67 bits per heavy atom. The number of carbonyl (C=O) groups excluding carboxylic acids is 1. The van der Waals surface area contributed by atoms with Gasteiger partial charge in [0.25, 0.3) is 15.9 Å². The van der Waals surface area contributed by atoms with Gasteiger partial charge in [0.15, 0.2) is 0 Å². The van der Waals surface area contributed by atoms with E-state index in [0.29, 0.717) is 0 Å². The van der Waals surface area contributed by atoms with Gasteiger partial charge >= 0.3 is 0 Å². The van der Waals surface area contributed by atoms with Crippen LogP contribution in [0.4, 0.5) is 18.9 Å². The Labute approximate surface area is 171 Å². The van der Waals surface area contributed by atoms with Crippen LogP contribution >= 0.6 is 0 Å². The molecule has 0 aliphatic carbocycles. The molecule has 0 bridgehead atoms. The summed E-state index contributed by atoms with van der Waals surface area (Å²) in [5, 5.41) is 0. The fourth-order valence-corrected chi connectivity index (χ4v) is 3.85. The second-order valence-corrected chi connectivity index (χ2v) is 8.19. The van der Waals surface area contributed by atoms with Crippen LogP contribution in [0.1, 0.15) is 15.9 Å². The first-order valence-electron chi connectivity index (χ1n) is 8.74. The molecule has 156 valence electrons. The SMILES string of the molecule is CN(Cc1ccc(F)cc1F)C(=O)c1cccc(S(=O)(=O)Nc2ccccc2F)c1. The van der Waals surface area contributed by atoms with E-state index in [0.717, 1.165) is 24.3 Å². The van der Waals surface area contributed by atoms with Gasteiger partial charge in [-0.15, -0.1) is 0 Å². The molecule has 0 saturated heterocycles. The zero-order valence-electron chi connectivity index (χ0n) is 15.8. The van der Waals surface area contributed by atoms with Crippen molar-refractivity contribution in [1.29, 1.82) is 0 Å². The van der Waals surface area contributed by atoms with Gasteiger partial charge in [0.2, 0.25) is 0 Å². The number of halogens is 3. The van der Waals surface area contributed by atoms with Crippen LogP contribution in [0.25, 0.3) is 0 Å². The van der Waals surface area contributed by atoms with Crippen LogP contribution in [-0.2, 0) is 16.6 Å². The van der Waals surface area contributed by atoms with Crippen LogP contribution in [0.3, 0.4) is 0 Å². The maximum absolute atomic E-state index is 13.8. The molecule has 1 N–H and O–H groups in total. The van der Waals surface area contributed by atoms with E-state index in [1.807, 2.05) is 0 Å². The molecule has 0 fully saturated rings. The third-order valence-corrected chi connectivity index (χ3v) is 5.64.